The summed E-state index contributed by atoms with van der Waals surface area (Å²) in [6.45, 7) is 0. The summed E-state index contributed by atoms with van der Waals surface area (Å²) in [7, 11) is 0. The molecule has 0 unspecified atom stereocenters. The van der Waals surface area contributed by atoms with E-state index in [9.17, 15) is 4.39 Å². The normalized spacial score (nSPS) is 10.0. The predicted molar refractivity (Wildman–Crippen MR) is 78.7 cm³/mol. The van der Waals surface area contributed by atoms with Gasteiger partial charge in [0.25, 0.3) is 0 Å². The van der Waals surface area contributed by atoms with Crippen LogP contribution < -0.4 is 0 Å². The van der Waals surface area contributed by atoms with E-state index in [4.69, 9.17) is 11.6 Å². The minimum absolute atomic E-state index is 0.308. The maximum Gasteiger partial charge on any atom is 0.148 e. The van der Waals surface area contributed by atoms with Gasteiger partial charge in [0.1, 0.15) is 16.7 Å². The zero-order valence-corrected chi connectivity index (χ0v) is 11.5. The lowest BCUT2D eigenvalue weighted by molar-refractivity contribution is 0.627. The third kappa shape index (κ3) is 2.93. The molecule has 0 aliphatic heterocycles. The Hall–Kier alpha value is -2.64. The van der Waals surface area contributed by atoms with Crippen molar-refractivity contribution in [2.45, 2.75) is 0 Å². The van der Waals surface area contributed by atoms with Gasteiger partial charge in [0.05, 0.1) is 17.4 Å². The molecule has 1 aromatic carbocycles. The minimum Gasteiger partial charge on any atom is -0.248 e. The molecule has 102 valence electrons. The van der Waals surface area contributed by atoms with Crippen molar-refractivity contribution in [1.82, 2.24) is 14.8 Å². The zero-order chi connectivity index (χ0) is 14.7. The van der Waals surface area contributed by atoms with Crippen LogP contribution in [0, 0.1) is 17.7 Å². The Labute approximate surface area is 126 Å². The Morgan fingerprint density at radius 3 is 2.57 bits per heavy atom. The van der Waals surface area contributed by atoms with Crippen LogP contribution in [0.1, 0.15) is 11.3 Å². The molecule has 3 aromatic rings. The standard InChI is InChI=1S/C16H9ClFN3/c17-16-12(4-7-14-3-1-2-10-19-14)11-20-21(16)15-8-5-13(18)6-9-15/h1-3,5-6,8-11H. The number of rotatable bonds is 1. The number of pyridine rings is 1. The van der Waals surface area contributed by atoms with Crippen LogP contribution >= 0.6 is 11.6 Å². The summed E-state index contributed by atoms with van der Waals surface area (Å²) in [4.78, 5) is 4.11. The fourth-order valence-corrected chi connectivity index (χ4v) is 1.99. The highest BCUT2D eigenvalue weighted by Crippen LogP contribution is 2.19. The molecule has 0 amide bonds. The van der Waals surface area contributed by atoms with Crippen molar-refractivity contribution in [3.05, 3.63) is 77.1 Å². The molecular formula is C16H9ClFN3. The molecule has 2 heterocycles. The smallest absolute Gasteiger partial charge is 0.148 e. The van der Waals surface area contributed by atoms with E-state index in [1.54, 1.807) is 24.5 Å². The largest absolute Gasteiger partial charge is 0.248 e. The van der Waals surface area contributed by atoms with Crippen molar-refractivity contribution < 1.29 is 4.39 Å². The van der Waals surface area contributed by atoms with Crippen LogP contribution in [-0.2, 0) is 0 Å². The van der Waals surface area contributed by atoms with Crippen LogP contribution in [0.5, 0.6) is 0 Å². The number of benzene rings is 1. The maximum absolute atomic E-state index is 12.9. The molecule has 5 heteroatoms. The van der Waals surface area contributed by atoms with Crippen LogP contribution in [0.15, 0.2) is 54.9 Å². The van der Waals surface area contributed by atoms with Gasteiger partial charge in [-0.2, -0.15) is 5.10 Å². The molecule has 21 heavy (non-hydrogen) atoms. The average Bonchev–Trinajstić information content (AvgIpc) is 2.88. The number of aromatic nitrogens is 3. The Bertz CT molecular complexity index is 814. The summed E-state index contributed by atoms with van der Waals surface area (Å²) in [5.41, 5.74) is 1.92. The van der Waals surface area contributed by atoms with Crippen molar-refractivity contribution >= 4 is 11.6 Å². The molecule has 0 bridgehead atoms. The van der Waals surface area contributed by atoms with E-state index in [1.807, 2.05) is 18.2 Å². The molecule has 0 atom stereocenters. The van der Waals surface area contributed by atoms with Crippen molar-refractivity contribution in [3.63, 3.8) is 0 Å². The molecular weight excluding hydrogens is 289 g/mol. The van der Waals surface area contributed by atoms with Gasteiger partial charge in [0.15, 0.2) is 0 Å². The van der Waals surface area contributed by atoms with Gasteiger partial charge in [-0.15, -0.1) is 0 Å². The number of halogens is 2. The Morgan fingerprint density at radius 1 is 1.05 bits per heavy atom. The SMILES string of the molecule is Fc1ccc(-n2ncc(C#Cc3ccccn3)c2Cl)cc1. The summed E-state index contributed by atoms with van der Waals surface area (Å²) in [6.07, 6.45) is 3.25. The first kappa shape index (κ1) is 13.3. The lowest BCUT2D eigenvalue weighted by atomic mass is 10.3. The fourth-order valence-electron chi connectivity index (χ4n) is 1.75. The first-order chi connectivity index (χ1) is 10.2. The fraction of sp³-hybridized carbons (Fsp3) is 0. The zero-order valence-electron chi connectivity index (χ0n) is 10.8. The molecule has 3 rings (SSSR count). The number of hydrogen-bond donors (Lipinski definition) is 0. The van der Waals surface area contributed by atoms with Gasteiger partial charge in [-0.3, -0.25) is 0 Å². The van der Waals surface area contributed by atoms with Gasteiger partial charge in [-0.05, 0) is 42.3 Å². The van der Waals surface area contributed by atoms with Gasteiger partial charge in [0.2, 0.25) is 0 Å². The molecule has 0 saturated carbocycles. The van der Waals surface area contributed by atoms with E-state index in [-0.39, 0.29) is 5.82 Å². The summed E-state index contributed by atoms with van der Waals surface area (Å²) >= 11 is 6.25. The summed E-state index contributed by atoms with van der Waals surface area (Å²) in [6, 6.07) is 11.4. The van der Waals surface area contributed by atoms with Crippen molar-refractivity contribution in [2.75, 3.05) is 0 Å². The molecule has 0 radical (unpaired) electrons. The topological polar surface area (TPSA) is 30.7 Å². The third-order valence-corrected chi connectivity index (χ3v) is 3.14. The van der Waals surface area contributed by atoms with E-state index >= 15 is 0 Å². The Morgan fingerprint density at radius 2 is 1.86 bits per heavy atom. The monoisotopic (exact) mass is 297 g/mol. The molecule has 3 nitrogen and oxygen atoms in total. The van der Waals surface area contributed by atoms with Crippen LogP contribution in [0.4, 0.5) is 4.39 Å². The van der Waals surface area contributed by atoms with Crippen LogP contribution in [-0.4, -0.2) is 14.8 Å². The van der Waals surface area contributed by atoms with Crippen molar-refractivity contribution in [1.29, 1.82) is 0 Å². The molecule has 0 fully saturated rings. The lowest BCUT2D eigenvalue weighted by Crippen LogP contribution is -1.96. The molecule has 0 N–H and O–H groups in total. The van der Waals surface area contributed by atoms with Crippen LogP contribution in [0.3, 0.4) is 0 Å². The second-order valence-electron chi connectivity index (χ2n) is 4.20. The number of hydrogen-bond acceptors (Lipinski definition) is 2. The van der Waals surface area contributed by atoms with Crippen LogP contribution in [0.2, 0.25) is 5.15 Å². The summed E-state index contributed by atoms with van der Waals surface area (Å²) in [5, 5.41) is 4.55. The third-order valence-electron chi connectivity index (χ3n) is 2.77. The quantitative estimate of drug-likeness (QED) is 0.644. The molecule has 0 saturated heterocycles. The first-order valence-corrected chi connectivity index (χ1v) is 6.54. The highest BCUT2D eigenvalue weighted by atomic mass is 35.5. The van der Waals surface area contributed by atoms with Gasteiger partial charge >= 0.3 is 0 Å². The number of nitrogens with zero attached hydrogens (tertiary/aromatic N) is 3. The summed E-state index contributed by atoms with van der Waals surface area (Å²) in [5.74, 6) is 5.54. The predicted octanol–water partition coefficient (Wildman–Crippen LogP) is 3.46. The Kier molecular flexibility index (Phi) is 3.67. The van der Waals surface area contributed by atoms with Crippen molar-refractivity contribution in [2.24, 2.45) is 0 Å². The Balaban J connectivity index is 1.93. The lowest BCUT2D eigenvalue weighted by Gasteiger charge is -2.02. The highest BCUT2D eigenvalue weighted by molar-refractivity contribution is 6.31. The van der Waals surface area contributed by atoms with Gasteiger partial charge in [-0.25, -0.2) is 14.1 Å². The highest BCUT2D eigenvalue weighted by Gasteiger charge is 2.08. The summed E-state index contributed by atoms with van der Waals surface area (Å²) < 4.78 is 14.4. The van der Waals surface area contributed by atoms with Crippen LogP contribution in [0.25, 0.3) is 5.69 Å². The van der Waals surface area contributed by atoms with Gasteiger partial charge < -0.3 is 0 Å². The minimum atomic E-state index is -0.308. The maximum atomic E-state index is 12.9. The van der Waals surface area contributed by atoms with Gasteiger partial charge in [0, 0.05) is 6.20 Å². The van der Waals surface area contributed by atoms with Crippen molar-refractivity contribution in [3.8, 4) is 17.5 Å². The molecule has 0 spiro atoms. The first-order valence-electron chi connectivity index (χ1n) is 6.16. The molecule has 2 aromatic heterocycles. The molecule has 0 aliphatic rings. The average molecular weight is 298 g/mol. The van der Waals surface area contributed by atoms with E-state index in [1.165, 1.54) is 16.8 Å². The van der Waals surface area contributed by atoms with E-state index in [0.717, 1.165) is 0 Å². The second-order valence-corrected chi connectivity index (χ2v) is 4.56. The van der Waals surface area contributed by atoms with Gasteiger partial charge in [-0.1, -0.05) is 23.6 Å². The second kappa shape index (κ2) is 5.78. The molecule has 0 aliphatic carbocycles. The van der Waals surface area contributed by atoms with E-state index < -0.39 is 0 Å². The van der Waals surface area contributed by atoms with E-state index in [2.05, 4.69) is 21.9 Å². The van der Waals surface area contributed by atoms with E-state index in [0.29, 0.717) is 22.1 Å².